The number of hydrogen-bond acceptors (Lipinski definition) is 3. The van der Waals surface area contributed by atoms with E-state index in [0.717, 1.165) is 30.9 Å². The Hall–Kier alpha value is -1.42. The highest BCUT2D eigenvalue weighted by Crippen LogP contribution is 2.43. The van der Waals surface area contributed by atoms with Crippen LogP contribution in [0.3, 0.4) is 0 Å². The van der Waals surface area contributed by atoms with Crippen molar-refractivity contribution in [3.05, 3.63) is 57.1 Å². The van der Waals surface area contributed by atoms with E-state index in [9.17, 15) is 0 Å². The van der Waals surface area contributed by atoms with Gasteiger partial charge in [0.1, 0.15) is 0 Å². The average Bonchev–Trinajstić information content (AvgIpc) is 3.02. The zero-order valence-corrected chi connectivity index (χ0v) is 16.1. The van der Waals surface area contributed by atoms with Crippen molar-refractivity contribution in [3.63, 3.8) is 0 Å². The van der Waals surface area contributed by atoms with Gasteiger partial charge in [0, 0.05) is 60.6 Å². The maximum atomic E-state index is 6.30. The summed E-state index contributed by atoms with van der Waals surface area (Å²) in [5, 5.41) is 8.47. The standard InChI is InChI=1S/C20H23Cl2N3/c1-12-5-16(24-9-13-3-4-15(21)6-19(13)22)7-17-18-10-23-8-14(18)11-25(2)20(12)17/h3-7,14,18,23-24H,8-11H2,1-2H3/t14-,18-/m0/s1. The Morgan fingerprint density at radius 1 is 1.20 bits per heavy atom. The Labute approximate surface area is 159 Å². The van der Waals surface area contributed by atoms with Crippen LogP contribution in [0.1, 0.15) is 22.6 Å². The normalized spacial score (nSPS) is 21.8. The number of fused-ring (bicyclic) bond motifs is 3. The van der Waals surface area contributed by atoms with Crippen LogP contribution in [0.25, 0.3) is 0 Å². The van der Waals surface area contributed by atoms with Crippen molar-refractivity contribution in [2.24, 2.45) is 5.92 Å². The minimum atomic E-state index is 0.616. The predicted octanol–water partition coefficient (Wildman–Crippen LogP) is 4.67. The summed E-state index contributed by atoms with van der Waals surface area (Å²) in [6.07, 6.45) is 0. The Kier molecular flexibility index (Phi) is 4.57. The molecule has 2 aromatic rings. The minimum Gasteiger partial charge on any atom is -0.381 e. The molecule has 3 nitrogen and oxygen atoms in total. The van der Waals surface area contributed by atoms with Gasteiger partial charge in [0.2, 0.25) is 0 Å². The van der Waals surface area contributed by atoms with E-state index in [1.165, 1.54) is 16.8 Å². The largest absolute Gasteiger partial charge is 0.381 e. The van der Waals surface area contributed by atoms with E-state index in [1.807, 2.05) is 12.1 Å². The summed E-state index contributed by atoms with van der Waals surface area (Å²) in [7, 11) is 2.21. The van der Waals surface area contributed by atoms with E-state index in [1.54, 1.807) is 6.07 Å². The van der Waals surface area contributed by atoms with Crippen LogP contribution in [0.2, 0.25) is 10.0 Å². The number of benzene rings is 2. The van der Waals surface area contributed by atoms with Crippen LogP contribution in [-0.2, 0) is 6.54 Å². The number of nitrogens with zero attached hydrogens (tertiary/aromatic N) is 1. The summed E-state index contributed by atoms with van der Waals surface area (Å²) < 4.78 is 0. The summed E-state index contributed by atoms with van der Waals surface area (Å²) in [5.41, 5.74) is 6.41. The van der Waals surface area contributed by atoms with Gasteiger partial charge in [-0.05, 0) is 53.8 Å². The zero-order chi connectivity index (χ0) is 17.6. The first-order valence-corrected chi connectivity index (χ1v) is 9.52. The fourth-order valence-corrected chi connectivity index (χ4v) is 4.78. The molecule has 0 aromatic heterocycles. The second-order valence-electron chi connectivity index (χ2n) is 7.23. The number of nitrogens with one attached hydrogen (secondary N) is 2. The third-order valence-corrected chi connectivity index (χ3v) is 6.04. The van der Waals surface area contributed by atoms with Crippen molar-refractivity contribution in [1.82, 2.24) is 5.32 Å². The van der Waals surface area contributed by atoms with Crippen molar-refractivity contribution in [3.8, 4) is 0 Å². The van der Waals surface area contributed by atoms with Gasteiger partial charge in [-0.3, -0.25) is 0 Å². The van der Waals surface area contributed by atoms with Crippen LogP contribution < -0.4 is 15.5 Å². The summed E-state index contributed by atoms with van der Waals surface area (Å²) in [5.74, 6) is 1.32. The van der Waals surface area contributed by atoms with E-state index in [-0.39, 0.29) is 0 Å². The van der Waals surface area contributed by atoms with E-state index in [4.69, 9.17) is 23.2 Å². The molecule has 5 heteroatoms. The van der Waals surface area contributed by atoms with Crippen molar-refractivity contribution >= 4 is 34.6 Å². The second kappa shape index (κ2) is 6.71. The molecule has 25 heavy (non-hydrogen) atoms. The topological polar surface area (TPSA) is 27.3 Å². The monoisotopic (exact) mass is 375 g/mol. The van der Waals surface area contributed by atoms with Gasteiger partial charge in [-0.2, -0.15) is 0 Å². The molecule has 0 amide bonds. The van der Waals surface area contributed by atoms with Crippen molar-refractivity contribution in [2.45, 2.75) is 19.4 Å². The lowest BCUT2D eigenvalue weighted by atomic mass is 9.82. The first-order valence-electron chi connectivity index (χ1n) is 8.77. The van der Waals surface area contributed by atoms with Gasteiger partial charge in [-0.25, -0.2) is 0 Å². The van der Waals surface area contributed by atoms with Crippen LogP contribution in [0.4, 0.5) is 11.4 Å². The molecular weight excluding hydrogens is 353 g/mol. The van der Waals surface area contributed by atoms with Crippen LogP contribution in [-0.4, -0.2) is 26.7 Å². The van der Waals surface area contributed by atoms with Gasteiger partial charge < -0.3 is 15.5 Å². The fraction of sp³-hybridized carbons (Fsp3) is 0.400. The molecule has 0 aliphatic carbocycles. The molecular formula is C20H23Cl2N3. The SMILES string of the molecule is Cc1cc(NCc2ccc(Cl)cc2Cl)cc2c1N(C)C[C@@H]1CNC[C@H]21. The molecule has 2 heterocycles. The van der Waals surface area contributed by atoms with Crippen LogP contribution in [0.5, 0.6) is 0 Å². The average molecular weight is 376 g/mol. The van der Waals surface area contributed by atoms with Gasteiger partial charge in [0.05, 0.1) is 0 Å². The van der Waals surface area contributed by atoms with Crippen LogP contribution in [0.15, 0.2) is 30.3 Å². The Morgan fingerprint density at radius 2 is 2.04 bits per heavy atom. The molecule has 1 saturated heterocycles. The number of anilines is 2. The summed E-state index contributed by atoms with van der Waals surface area (Å²) in [6, 6.07) is 10.2. The number of rotatable bonds is 3. The highest BCUT2D eigenvalue weighted by atomic mass is 35.5. The van der Waals surface area contributed by atoms with Gasteiger partial charge in [0.15, 0.2) is 0 Å². The molecule has 0 saturated carbocycles. The lowest BCUT2D eigenvalue weighted by Gasteiger charge is -2.37. The molecule has 2 aliphatic rings. The van der Waals surface area contributed by atoms with Gasteiger partial charge in [-0.1, -0.05) is 29.3 Å². The number of halogens is 2. The summed E-state index contributed by atoms with van der Waals surface area (Å²) in [4.78, 5) is 2.42. The molecule has 0 radical (unpaired) electrons. The first kappa shape index (κ1) is 17.0. The molecule has 2 aromatic carbocycles. The van der Waals surface area contributed by atoms with Crippen LogP contribution in [0, 0.1) is 12.8 Å². The Balaban J connectivity index is 1.61. The first-order chi connectivity index (χ1) is 12.0. The predicted molar refractivity (Wildman–Crippen MR) is 107 cm³/mol. The Bertz CT molecular complexity index is 806. The third kappa shape index (κ3) is 3.21. The second-order valence-corrected chi connectivity index (χ2v) is 8.07. The van der Waals surface area contributed by atoms with E-state index < -0.39 is 0 Å². The quantitative estimate of drug-likeness (QED) is 0.816. The van der Waals surface area contributed by atoms with Gasteiger partial charge in [0.25, 0.3) is 0 Å². The fourth-order valence-electron chi connectivity index (χ4n) is 4.31. The van der Waals surface area contributed by atoms with Gasteiger partial charge in [-0.15, -0.1) is 0 Å². The van der Waals surface area contributed by atoms with Crippen molar-refractivity contribution in [1.29, 1.82) is 0 Å². The lowest BCUT2D eigenvalue weighted by Crippen LogP contribution is -2.35. The lowest BCUT2D eigenvalue weighted by molar-refractivity contribution is 0.496. The van der Waals surface area contributed by atoms with E-state index in [2.05, 4.69) is 41.6 Å². The summed E-state index contributed by atoms with van der Waals surface area (Å²) in [6.45, 7) is 6.23. The minimum absolute atomic E-state index is 0.616. The molecule has 2 atom stereocenters. The molecule has 0 bridgehead atoms. The molecule has 2 aliphatic heterocycles. The van der Waals surface area contributed by atoms with Gasteiger partial charge >= 0.3 is 0 Å². The molecule has 0 unspecified atom stereocenters. The van der Waals surface area contributed by atoms with E-state index >= 15 is 0 Å². The molecule has 2 N–H and O–H groups in total. The Morgan fingerprint density at radius 3 is 2.84 bits per heavy atom. The number of hydrogen-bond donors (Lipinski definition) is 2. The highest BCUT2D eigenvalue weighted by molar-refractivity contribution is 6.35. The molecule has 4 rings (SSSR count). The summed E-state index contributed by atoms with van der Waals surface area (Å²) >= 11 is 12.3. The zero-order valence-electron chi connectivity index (χ0n) is 14.6. The highest BCUT2D eigenvalue weighted by Gasteiger charge is 2.36. The van der Waals surface area contributed by atoms with Crippen molar-refractivity contribution < 1.29 is 0 Å². The molecule has 1 fully saturated rings. The maximum absolute atomic E-state index is 6.30. The third-order valence-electron chi connectivity index (χ3n) is 5.46. The molecule has 132 valence electrons. The van der Waals surface area contributed by atoms with Crippen LogP contribution >= 0.6 is 23.2 Å². The van der Waals surface area contributed by atoms with Crippen molar-refractivity contribution in [2.75, 3.05) is 36.9 Å². The maximum Gasteiger partial charge on any atom is 0.0470 e. The van der Waals surface area contributed by atoms with E-state index in [0.29, 0.717) is 28.4 Å². The smallest absolute Gasteiger partial charge is 0.0470 e. The molecule has 0 spiro atoms. The number of aryl methyl sites for hydroxylation is 1.